The van der Waals surface area contributed by atoms with E-state index < -0.39 is 0 Å². The van der Waals surface area contributed by atoms with Crippen molar-refractivity contribution in [2.45, 2.75) is 57.2 Å². The van der Waals surface area contributed by atoms with Gasteiger partial charge >= 0.3 is 0 Å². The Kier molecular flexibility index (Phi) is 3.87. The molecule has 1 aromatic rings. The van der Waals surface area contributed by atoms with Gasteiger partial charge in [-0.15, -0.1) is 0 Å². The quantitative estimate of drug-likeness (QED) is 0.855. The molecule has 3 rings (SSSR count). The highest BCUT2D eigenvalue weighted by molar-refractivity contribution is 5.50. The number of aromatic nitrogens is 1. The monoisotopic (exact) mass is 261 g/mol. The van der Waals surface area contributed by atoms with Crippen LogP contribution in [0.15, 0.2) is 18.3 Å². The second-order valence-corrected chi connectivity index (χ2v) is 5.65. The number of ether oxygens (including phenoxy) is 1. The number of piperidine rings is 1. The fourth-order valence-electron chi connectivity index (χ4n) is 3.20. The van der Waals surface area contributed by atoms with Gasteiger partial charge in [-0.2, -0.15) is 0 Å². The Morgan fingerprint density at radius 2 is 2.16 bits per heavy atom. The van der Waals surface area contributed by atoms with Crippen molar-refractivity contribution in [3.63, 3.8) is 0 Å². The van der Waals surface area contributed by atoms with Crippen molar-refractivity contribution in [1.29, 1.82) is 0 Å². The number of hydrogen-bond donors (Lipinski definition) is 2. The molecule has 0 spiro atoms. The molecule has 0 aromatic carbocycles. The summed E-state index contributed by atoms with van der Waals surface area (Å²) in [4.78, 5) is 4.44. The molecule has 2 N–H and O–H groups in total. The molecule has 0 amide bonds. The molecule has 19 heavy (non-hydrogen) atoms. The van der Waals surface area contributed by atoms with Crippen LogP contribution >= 0.6 is 0 Å². The molecular formula is C15H23N3O. The van der Waals surface area contributed by atoms with Crippen molar-refractivity contribution in [2.24, 2.45) is 0 Å². The number of nitrogens with one attached hydrogen (secondary N) is 2. The zero-order valence-electron chi connectivity index (χ0n) is 11.6. The highest BCUT2D eigenvalue weighted by Crippen LogP contribution is 2.30. The minimum atomic E-state index is 0.526. The third-order valence-electron chi connectivity index (χ3n) is 4.05. The molecule has 4 nitrogen and oxygen atoms in total. The van der Waals surface area contributed by atoms with Crippen molar-refractivity contribution >= 4 is 5.82 Å². The number of anilines is 1. The maximum Gasteiger partial charge on any atom is 0.168 e. The number of hydrogen-bond acceptors (Lipinski definition) is 4. The van der Waals surface area contributed by atoms with Crippen LogP contribution in [0.5, 0.6) is 5.75 Å². The van der Waals surface area contributed by atoms with E-state index in [9.17, 15) is 0 Å². The molecule has 2 aliphatic heterocycles. The van der Waals surface area contributed by atoms with E-state index in [1.807, 2.05) is 18.3 Å². The Balaban J connectivity index is 1.65. The molecular weight excluding hydrogens is 238 g/mol. The molecule has 2 fully saturated rings. The Morgan fingerprint density at radius 3 is 2.89 bits per heavy atom. The van der Waals surface area contributed by atoms with Crippen LogP contribution in [-0.2, 0) is 0 Å². The van der Waals surface area contributed by atoms with E-state index in [4.69, 9.17) is 4.74 Å². The van der Waals surface area contributed by atoms with E-state index in [0.29, 0.717) is 18.1 Å². The van der Waals surface area contributed by atoms with E-state index in [2.05, 4.69) is 22.5 Å². The Morgan fingerprint density at radius 1 is 1.37 bits per heavy atom. The van der Waals surface area contributed by atoms with Crippen LogP contribution in [0, 0.1) is 0 Å². The van der Waals surface area contributed by atoms with Crippen LogP contribution in [0.4, 0.5) is 5.82 Å². The topological polar surface area (TPSA) is 46.2 Å². The highest BCUT2D eigenvalue weighted by atomic mass is 16.5. The van der Waals surface area contributed by atoms with Gasteiger partial charge in [0.1, 0.15) is 0 Å². The molecule has 4 heteroatoms. The van der Waals surface area contributed by atoms with Gasteiger partial charge in [0, 0.05) is 24.3 Å². The highest BCUT2D eigenvalue weighted by Gasteiger charge is 2.33. The van der Waals surface area contributed by atoms with Crippen LogP contribution in [-0.4, -0.2) is 29.7 Å². The van der Waals surface area contributed by atoms with Crippen LogP contribution in [0.3, 0.4) is 0 Å². The normalized spacial score (nSPS) is 29.2. The molecule has 2 unspecified atom stereocenters. The second-order valence-electron chi connectivity index (χ2n) is 5.65. The molecule has 0 aliphatic carbocycles. The lowest BCUT2D eigenvalue weighted by Gasteiger charge is -2.30. The van der Waals surface area contributed by atoms with Crippen molar-refractivity contribution in [1.82, 2.24) is 10.3 Å². The van der Waals surface area contributed by atoms with Gasteiger partial charge in [-0.05, 0) is 44.2 Å². The summed E-state index contributed by atoms with van der Waals surface area (Å²) < 4.78 is 5.76. The SMILES string of the molecule is CCCOc1cccnc1NC1CC2CCC(C1)N2. The number of nitrogens with zero attached hydrogens (tertiary/aromatic N) is 1. The fraction of sp³-hybridized carbons (Fsp3) is 0.667. The third-order valence-corrected chi connectivity index (χ3v) is 4.05. The van der Waals surface area contributed by atoms with Gasteiger partial charge in [-0.25, -0.2) is 4.98 Å². The van der Waals surface area contributed by atoms with Gasteiger partial charge in [0.15, 0.2) is 11.6 Å². The lowest BCUT2D eigenvalue weighted by molar-refractivity contribution is 0.316. The first-order valence-electron chi connectivity index (χ1n) is 7.45. The Labute approximate surface area is 115 Å². The van der Waals surface area contributed by atoms with Crippen LogP contribution in [0.25, 0.3) is 0 Å². The zero-order valence-corrected chi connectivity index (χ0v) is 11.6. The summed E-state index contributed by atoms with van der Waals surface area (Å²) in [6.45, 7) is 2.87. The van der Waals surface area contributed by atoms with Crippen LogP contribution in [0.1, 0.15) is 39.0 Å². The summed E-state index contributed by atoms with van der Waals surface area (Å²) in [7, 11) is 0. The van der Waals surface area contributed by atoms with Crippen molar-refractivity contribution in [2.75, 3.05) is 11.9 Å². The van der Waals surface area contributed by atoms with Gasteiger partial charge in [0.05, 0.1) is 6.61 Å². The van der Waals surface area contributed by atoms with Crippen LogP contribution < -0.4 is 15.4 Å². The average Bonchev–Trinajstić information content (AvgIpc) is 2.77. The molecule has 3 heterocycles. The first-order chi connectivity index (χ1) is 9.35. The molecule has 0 radical (unpaired) electrons. The predicted molar refractivity (Wildman–Crippen MR) is 76.6 cm³/mol. The molecule has 2 atom stereocenters. The smallest absolute Gasteiger partial charge is 0.168 e. The van der Waals surface area contributed by atoms with Gasteiger partial charge < -0.3 is 15.4 Å². The summed E-state index contributed by atoms with van der Waals surface area (Å²) in [5.74, 6) is 1.79. The standard InChI is InChI=1S/C15H23N3O/c1-2-8-19-14-4-3-7-16-15(14)18-13-9-11-5-6-12(10-13)17-11/h3-4,7,11-13,17H,2,5-6,8-10H2,1H3,(H,16,18). The summed E-state index contributed by atoms with van der Waals surface area (Å²) in [6, 6.07) is 5.85. The van der Waals surface area contributed by atoms with E-state index >= 15 is 0 Å². The van der Waals surface area contributed by atoms with Gasteiger partial charge in [-0.3, -0.25) is 0 Å². The van der Waals surface area contributed by atoms with E-state index in [0.717, 1.165) is 24.6 Å². The van der Waals surface area contributed by atoms with Gasteiger partial charge in [0.25, 0.3) is 0 Å². The molecule has 0 saturated carbocycles. The number of pyridine rings is 1. The largest absolute Gasteiger partial charge is 0.490 e. The Hall–Kier alpha value is -1.29. The van der Waals surface area contributed by atoms with E-state index in [1.165, 1.54) is 25.7 Å². The molecule has 1 aromatic heterocycles. The first-order valence-corrected chi connectivity index (χ1v) is 7.45. The zero-order chi connectivity index (χ0) is 13.1. The molecule has 104 valence electrons. The average molecular weight is 261 g/mol. The van der Waals surface area contributed by atoms with Crippen LogP contribution in [0.2, 0.25) is 0 Å². The van der Waals surface area contributed by atoms with Crippen molar-refractivity contribution in [3.8, 4) is 5.75 Å². The maximum absolute atomic E-state index is 5.76. The van der Waals surface area contributed by atoms with Crippen molar-refractivity contribution < 1.29 is 4.74 Å². The summed E-state index contributed by atoms with van der Waals surface area (Å²) in [5, 5.41) is 7.25. The summed E-state index contributed by atoms with van der Waals surface area (Å²) in [6.07, 6.45) is 7.89. The summed E-state index contributed by atoms with van der Waals surface area (Å²) >= 11 is 0. The predicted octanol–water partition coefficient (Wildman–Crippen LogP) is 2.57. The lowest BCUT2D eigenvalue weighted by Crippen LogP contribution is -2.43. The summed E-state index contributed by atoms with van der Waals surface area (Å²) in [5.41, 5.74) is 0. The molecule has 2 saturated heterocycles. The fourth-order valence-corrected chi connectivity index (χ4v) is 3.20. The third kappa shape index (κ3) is 3.00. The van der Waals surface area contributed by atoms with E-state index in [1.54, 1.807) is 0 Å². The number of rotatable bonds is 5. The first kappa shape index (κ1) is 12.7. The van der Waals surface area contributed by atoms with Crippen molar-refractivity contribution in [3.05, 3.63) is 18.3 Å². The lowest BCUT2D eigenvalue weighted by atomic mass is 10.00. The van der Waals surface area contributed by atoms with E-state index in [-0.39, 0.29) is 0 Å². The minimum Gasteiger partial charge on any atom is -0.490 e. The maximum atomic E-state index is 5.76. The minimum absolute atomic E-state index is 0.526. The second kappa shape index (κ2) is 5.78. The van der Waals surface area contributed by atoms with Gasteiger partial charge in [0.2, 0.25) is 0 Å². The van der Waals surface area contributed by atoms with Gasteiger partial charge in [-0.1, -0.05) is 6.92 Å². The number of fused-ring (bicyclic) bond motifs is 2. The molecule has 2 aliphatic rings. The Bertz CT molecular complexity index is 412. The molecule has 2 bridgehead atoms.